The maximum absolute atomic E-state index is 12.9. The first kappa shape index (κ1) is 27.6. The summed E-state index contributed by atoms with van der Waals surface area (Å²) < 4.78 is 7.23. The van der Waals surface area contributed by atoms with Crippen LogP contribution in [0.4, 0.5) is 5.00 Å². The normalized spacial score (nSPS) is 11.1. The highest BCUT2D eigenvalue weighted by atomic mass is 32.2. The van der Waals surface area contributed by atoms with E-state index in [4.69, 9.17) is 10.5 Å². The van der Waals surface area contributed by atoms with Crippen LogP contribution in [-0.2, 0) is 22.5 Å². The highest BCUT2D eigenvalue weighted by molar-refractivity contribution is 7.99. The first-order chi connectivity index (χ1) is 17.1. The lowest BCUT2D eigenvalue weighted by Gasteiger charge is -2.11. The number of ether oxygens (including phenoxy) is 1. The minimum atomic E-state index is -0.675. The number of carbonyl (C=O) groups excluding carboxylic acids is 3. The van der Waals surface area contributed by atoms with Crippen molar-refractivity contribution in [3.63, 3.8) is 0 Å². The van der Waals surface area contributed by atoms with E-state index in [1.165, 1.54) is 22.2 Å². The predicted molar refractivity (Wildman–Crippen MR) is 145 cm³/mol. The second-order valence-electron chi connectivity index (χ2n) is 8.16. The number of esters is 1. The average Bonchev–Trinajstić information content (AvgIpc) is 3.46. The number of primary amides is 1. The first-order valence-corrected chi connectivity index (χ1v) is 13.9. The van der Waals surface area contributed by atoms with Gasteiger partial charge < -0.3 is 15.8 Å². The van der Waals surface area contributed by atoms with E-state index in [2.05, 4.69) is 41.3 Å². The van der Waals surface area contributed by atoms with Crippen LogP contribution in [0.1, 0.15) is 56.8 Å². The maximum Gasteiger partial charge on any atom is 0.341 e. The Morgan fingerprint density at radius 2 is 2.03 bits per heavy atom. The molecule has 0 atom stereocenters. The van der Waals surface area contributed by atoms with Gasteiger partial charge in [0, 0.05) is 22.4 Å². The van der Waals surface area contributed by atoms with Crippen LogP contribution in [0, 0.1) is 13.8 Å². The van der Waals surface area contributed by atoms with Gasteiger partial charge in [0.25, 0.3) is 5.91 Å². The van der Waals surface area contributed by atoms with Crippen LogP contribution in [0.15, 0.2) is 23.2 Å². The smallest absolute Gasteiger partial charge is 0.341 e. The number of nitrogens with two attached hydrogens (primary N) is 1. The highest BCUT2D eigenvalue weighted by Crippen LogP contribution is 2.35. The van der Waals surface area contributed by atoms with Crippen molar-refractivity contribution in [3.8, 4) is 11.4 Å². The van der Waals surface area contributed by atoms with Gasteiger partial charge in [-0.2, -0.15) is 0 Å². The zero-order valence-electron chi connectivity index (χ0n) is 20.8. The zero-order chi connectivity index (χ0) is 26.6. The van der Waals surface area contributed by atoms with Crippen molar-refractivity contribution in [3.05, 3.63) is 44.5 Å². The topological polar surface area (TPSA) is 129 Å². The van der Waals surface area contributed by atoms with Crippen LogP contribution >= 0.6 is 34.4 Å². The Balaban J connectivity index is 1.82. The van der Waals surface area contributed by atoms with Crippen LogP contribution < -0.4 is 11.1 Å². The maximum atomic E-state index is 12.9. The monoisotopic (exact) mass is 547 g/mol. The van der Waals surface area contributed by atoms with Crippen molar-refractivity contribution in [1.29, 1.82) is 0 Å². The van der Waals surface area contributed by atoms with Crippen molar-refractivity contribution in [2.24, 2.45) is 5.73 Å². The van der Waals surface area contributed by atoms with Crippen LogP contribution in [0.2, 0.25) is 0 Å². The molecule has 0 saturated carbocycles. The molecule has 0 aromatic carbocycles. The standard InChI is InChI=1S/C24H29N5O4S3/c1-7-9-29-21(16-10-34-14(6)15(16)8-2)27-28-24(29)35-11-17(30)26-22-18(23(32)33-12(3)4)13(5)19(36-22)20(25)31/h7,10,12H,1,8-9,11H2,2-6H3,(H2,25,31)(H,26,30). The Hall–Kier alpha value is -2.96. The molecule has 9 nitrogen and oxygen atoms in total. The molecule has 0 saturated heterocycles. The van der Waals surface area contributed by atoms with Gasteiger partial charge in [0.05, 0.1) is 22.3 Å². The molecule has 0 fully saturated rings. The first-order valence-electron chi connectivity index (χ1n) is 11.3. The number of aryl methyl sites for hydroxylation is 1. The van der Waals surface area contributed by atoms with Gasteiger partial charge in [-0.05, 0) is 45.2 Å². The molecule has 3 heterocycles. The second kappa shape index (κ2) is 11.8. The molecule has 0 radical (unpaired) electrons. The summed E-state index contributed by atoms with van der Waals surface area (Å²) in [5, 5.41) is 14.3. The van der Waals surface area contributed by atoms with E-state index in [9.17, 15) is 14.4 Å². The Bertz CT molecular complexity index is 1310. The van der Waals surface area contributed by atoms with E-state index in [1.54, 1.807) is 38.2 Å². The number of carbonyl (C=O) groups is 3. The minimum absolute atomic E-state index is 0.0140. The Kier molecular flexibility index (Phi) is 9.09. The lowest BCUT2D eigenvalue weighted by Crippen LogP contribution is -2.18. The number of nitrogens with zero attached hydrogens (tertiary/aromatic N) is 3. The van der Waals surface area contributed by atoms with Crippen molar-refractivity contribution >= 4 is 57.2 Å². The van der Waals surface area contributed by atoms with Crippen LogP contribution in [0.25, 0.3) is 11.4 Å². The van der Waals surface area contributed by atoms with Gasteiger partial charge in [0.2, 0.25) is 5.91 Å². The number of thiophene rings is 2. The number of anilines is 1. The quantitative estimate of drug-likeness (QED) is 0.200. The number of nitrogens with one attached hydrogen (secondary N) is 1. The van der Waals surface area contributed by atoms with Gasteiger partial charge in [-0.15, -0.1) is 39.4 Å². The number of thioether (sulfide) groups is 1. The molecule has 192 valence electrons. The zero-order valence-corrected chi connectivity index (χ0v) is 23.3. The molecule has 12 heteroatoms. The number of hydrogen-bond acceptors (Lipinski definition) is 9. The molecule has 0 aliphatic rings. The van der Waals surface area contributed by atoms with Gasteiger partial charge in [-0.25, -0.2) is 4.79 Å². The third-order valence-electron chi connectivity index (χ3n) is 5.23. The fourth-order valence-corrected chi connectivity index (χ4v) is 6.39. The van der Waals surface area contributed by atoms with Gasteiger partial charge in [0.15, 0.2) is 11.0 Å². The number of allylic oxidation sites excluding steroid dienone is 1. The molecule has 0 bridgehead atoms. The van der Waals surface area contributed by atoms with E-state index in [0.29, 0.717) is 17.3 Å². The average molecular weight is 548 g/mol. The summed E-state index contributed by atoms with van der Waals surface area (Å²) >= 11 is 3.85. The number of hydrogen-bond donors (Lipinski definition) is 2. The minimum Gasteiger partial charge on any atom is -0.459 e. The van der Waals surface area contributed by atoms with Gasteiger partial charge >= 0.3 is 5.97 Å². The molecule has 0 spiro atoms. The lowest BCUT2D eigenvalue weighted by atomic mass is 10.1. The van der Waals surface area contributed by atoms with Crippen molar-refractivity contribution in [2.45, 2.75) is 58.8 Å². The van der Waals surface area contributed by atoms with Crippen LogP contribution in [0.3, 0.4) is 0 Å². The third kappa shape index (κ3) is 5.88. The van der Waals surface area contributed by atoms with E-state index in [-0.39, 0.29) is 33.2 Å². The Morgan fingerprint density at radius 1 is 1.31 bits per heavy atom. The molecule has 0 unspecified atom stereocenters. The molecule has 3 aromatic rings. The molecule has 2 amide bonds. The van der Waals surface area contributed by atoms with E-state index in [1.807, 2.05) is 4.57 Å². The van der Waals surface area contributed by atoms with E-state index >= 15 is 0 Å². The Morgan fingerprint density at radius 3 is 2.64 bits per heavy atom. The molecular formula is C24H29N5O4S3. The summed E-state index contributed by atoms with van der Waals surface area (Å²) in [4.78, 5) is 38.8. The number of aromatic nitrogens is 3. The largest absolute Gasteiger partial charge is 0.459 e. The highest BCUT2D eigenvalue weighted by Gasteiger charge is 2.27. The van der Waals surface area contributed by atoms with Crippen molar-refractivity contribution < 1.29 is 19.1 Å². The fraction of sp³-hybridized carbons (Fsp3) is 0.375. The molecule has 3 aromatic heterocycles. The molecule has 36 heavy (non-hydrogen) atoms. The molecular weight excluding hydrogens is 518 g/mol. The van der Waals surface area contributed by atoms with E-state index in [0.717, 1.165) is 29.1 Å². The predicted octanol–water partition coefficient (Wildman–Crippen LogP) is 4.83. The summed E-state index contributed by atoms with van der Waals surface area (Å²) in [7, 11) is 0. The number of amides is 2. The van der Waals surface area contributed by atoms with Gasteiger partial charge in [-0.3, -0.25) is 14.2 Å². The van der Waals surface area contributed by atoms with Crippen LogP contribution in [-0.4, -0.2) is 44.4 Å². The molecule has 3 N–H and O–H groups in total. The SMILES string of the molecule is C=CCn1c(SCC(=O)Nc2sc(C(N)=O)c(C)c2C(=O)OC(C)C)nnc1-c1csc(C)c1CC. The summed E-state index contributed by atoms with van der Waals surface area (Å²) in [6.45, 7) is 13.6. The van der Waals surface area contributed by atoms with Crippen molar-refractivity contribution in [2.75, 3.05) is 11.1 Å². The summed E-state index contributed by atoms with van der Waals surface area (Å²) in [5.41, 5.74) is 8.24. The van der Waals surface area contributed by atoms with Gasteiger partial charge in [-0.1, -0.05) is 24.8 Å². The second-order valence-corrected chi connectivity index (χ2v) is 11.2. The number of rotatable bonds is 11. The summed E-state index contributed by atoms with van der Waals surface area (Å²) in [6.07, 6.45) is 2.28. The summed E-state index contributed by atoms with van der Waals surface area (Å²) in [6, 6.07) is 0. The van der Waals surface area contributed by atoms with Crippen molar-refractivity contribution in [1.82, 2.24) is 14.8 Å². The third-order valence-corrected chi connectivity index (χ3v) is 8.37. The van der Waals surface area contributed by atoms with Gasteiger partial charge in [0.1, 0.15) is 5.00 Å². The molecule has 3 rings (SSSR count). The molecule has 0 aliphatic heterocycles. The summed E-state index contributed by atoms with van der Waals surface area (Å²) in [5.74, 6) is -0.919. The van der Waals surface area contributed by atoms with E-state index < -0.39 is 11.9 Å². The van der Waals surface area contributed by atoms with Crippen LogP contribution in [0.5, 0.6) is 0 Å². The molecule has 0 aliphatic carbocycles. The Labute approximate surface area is 222 Å². The fourth-order valence-electron chi connectivity index (χ4n) is 3.64. The lowest BCUT2D eigenvalue weighted by molar-refractivity contribution is -0.113.